The smallest absolute Gasteiger partial charge is 0.141 e. The molecule has 2 heterocycles. The Hall–Kier alpha value is -0.830. The van der Waals surface area contributed by atoms with Crippen LogP contribution >= 0.6 is 0 Å². The van der Waals surface area contributed by atoms with E-state index in [1.807, 2.05) is 6.92 Å². The Kier molecular flexibility index (Phi) is 2.87. The van der Waals surface area contributed by atoms with Crippen molar-refractivity contribution in [3.63, 3.8) is 0 Å². The van der Waals surface area contributed by atoms with E-state index in [9.17, 15) is 0 Å². The van der Waals surface area contributed by atoms with Crippen molar-refractivity contribution in [2.45, 2.75) is 45.6 Å². The molecule has 1 saturated heterocycles. The van der Waals surface area contributed by atoms with Crippen molar-refractivity contribution in [1.29, 1.82) is 0 Å². The average Bonchev–Trinajstić information content (AvgIpc) is 2.52. The van der Waals surface area contributed by atoms with Crippen molar-refractivity contribution in [2.75, 3.05) is 6.54 Å². The minimum atomic E-state index is 0.592. The highest BCUT2D eigenvalue weighted by Gasteiger charge is 2.17. The fourth-order valence-electron chi connectivity index (χ4n) is 1.97. The van der Waals surface area contributed by atoms with Gasteiger partial charge in [-0.15, -0.1) is 0 Å². The zero-order chi connectivity index (χ0) is 9.97. The molecule has 0 bridgehead atoms. The lowest BCUT2D eigenvalue weighted by Gasteiger charge is -2.22. The normalized spacial score (nSPS) is 22.6. The molecule has 3 nitrogen and oxygen atoms in total. The predicted molar refractivity (Wildman–Crippen MR) is 55.3 cm³/mol. The third kappa shape index (κ3) is 1.98. The van der Waals surface area contributed by atoms with Gasteiger partial charge in [0.1, 0.15) is 5.76 Å². The molecule has 0 aromatic carbocycles. The molecule has 1 unspecified atom stereocenters. The van der Waals surface area contributed by atoms with Crippen LogP contribution in [-0.4, -0.2) is 17.7 Å². The molecule has 0 amide bonds. The minimum Gasteiger partial charge on any atom is -0.361 e. The third-order valence-corrected chi connectivity index (χ3v) is 3.10. The van der Waals surface area contributed by atoms with E-state index in [-0.39, 0.29) is 0 Å². The molecular weight excluding hydrogens is 176 g/mol. The number of piperidine rings is 1. The number of nitrogens with one attached hydrogen (secondary N) is 1. The van der Waals surface area contributed by atoms with E-state index in [2.05, 4.69) is 17.4 Å². The number of nitrogens with zero attached hydrogens (tertiary/aromatic N) is 1. The first kappa shape index (κ1) is 9.71. The van der Waals surface area contributed by atoms with E-state index < -0.39 is 0 Å². The zero-order valence-electron chi connectivity index (χ0n) is 8.97. The molecule has 0 aliphatic carbocycles. The standard InChI is InChI=1S/C11H18N2O/c1-8-9(2)13-14-11(8)7-10-5-3-4-6-12-10/h10,12H,3-7H2,1-2H3. The van der Waals surface area contributed by atoms with Gasteiger partial charge < -0.3 is 9.84 Å². The molecule has 1 aliphatic heterocycles. The van der Waals surface area contributed by atoms with Gasteiger partial charge in [-0.05, 0) is 33.2 Å². The van der Waals surface area contributed by atoms with E-state index in [4.69, 9.17) is 4.52 Å². The van der Waals surface area contributed by atoms with Gasteiger partial charge in [-0.1, -0.05) is 11.6 Å². The summed E-state index contributed by atoms with van der Waals surface area (Å²) in [5.74, 6) is 1.06. The highest BCUT2D eigenvalue weighted by Crippen LogP contribution is 2.17. The topological polar surface area (TPSA) is 38.1 Å². The van der Waals surface area contributed by atoms with Crippen LogP contribution in [0.15, 0.2) is 4.52 Å². The second-order valence-electron chi connectivity index (χ2n) is 4.17. The van der Waals surface area contributed by atoms with Crippen molar-refractivity contribution < 1.29 is 4.52 Å². The summed E-state index contributed by atoms with van der Waals surface area (Å²) < 4.78 is 5.31. The van der Waals surface area contributed by atoms with E-state index >= 15 is 0 Å². The lowest BCUT2D eigenvalue weighted by molar-refractivity contribution is 0.334. The van der Waals surface area contributed by atoms with Crippen molar-refractivity contribution in [3.05, 3.63) is 17.0 Å². The molecule has 1 aromatic rings. The summed E-state index contributed by atoms with van der Waals surface area (Å²) >= 11 is 0. The predicted octanol–water partition coefficient (Wildman–Crippen LogP) is 1.98. The van der Waals surface area contributed by atoms with Crippen molar-refractivity contribution >= 4 is 0 Å². The van der Waals surface area contributed by atoms with Crippen molar-refractivity contribution in [3.8, 4) is 0 Å². The number of hydrogen-bond acceptors (Lipinski definition) is 3. The minimum absolute atomic E-state index is 0.592. The molecule has 0 saturated carbocycles. The van der Waals surface area contributed by atoms with Crippen LogP contribution in [0.3, 0.4) is 0 Å². The molecule has 14 heavy (non-hydrogen) atoms. The molecule has 1 N–H and O–H groups in total. The fourth-order valence-corrected chi connectivity index (χ4v) is 1.97. The first-order valence-corrected chi connectivity index (χ1v) is 5.42. The molecular formula is C11H18N2O. The summed E-state index contributed by atoms with van der Waals surface area (Å²) in [6.07, 6.45) is 4.90. The van der Waals surface area contributed by atoms with Gasteiger partial charge in [0, 0.05) is 18.0 Å². The van der Waals surface area contributed by atoms with Crippen LogP contribution in [0.1, 0.15) is 36.3 Å². The van der Waals surface area contributed by atoms with Gasteiger partial charge >= 0.3 is 0 Å². The van der Waals surface area contributed by atoms with Crippen molar-refractivity contribution in [1.82, 2.24) is 10.5 Å². The summed E-state index contributed by atoms with van der Waals surface area (Å²) in [5.41, 5.74) is 2.24. The highest BCUT2D eigenvalue weighted by atomic mass is 16.5. The Morgan fingerprint density at radius 1 is 1.43 bits per heavy atom. The van der Waals surface area contributed by atoms with Crippen LogP contribution in [-0.2, 0) is 6.42 Å². The SMILES string of the molecule is Cc1noc(CC2CCCCN2)c1C. The molecule has 1 atom stereocenters. The second kappa shape index (κ2) is 4.13. The molecule has 1 aliphatic rings. The molecule has 0 radical (unpaired) electrons. The molecule has 0 spiro atoms. The average molecular weight is 194 g/mol. The largest absolute Gasteiger partial charge is 0.361 e. The van der Waals surface area contributed by atoms with Crippen LogP contribution in [0.5, 0.6) is 0 Å². The van der Waals surface area contributed by atoms with Crippen LogP contribution < -0.4 is 5.32 Å². The lowest BCUT2D eigenvalue weighted by atomic mass is 9.99. The van der Waals surface area contributed by atoms with E-state index in [1.54, 1.807) is 0 Å². The highest BCUT2D eigenvalue weighted by molar-refractivity contribution is 5.20. The maximum absolute atomic E-state index is 5.31. The van der Waals surface area contributed by atoms with Gasteiger partial charge in [-0.25, -0.2) is 0 Å². The molecule has 1 fully saturated rings. The van der Waals surface area contributed by atoms with Gasteiger partial charge in [0.05, 0.1) is 5.69 Å². The van der Waals surface area contributed by atoms with Gasteiger partial charge in [0.25, 0.3) is 0 Å². The number of hydrogen-bond donors (Lipinski definition) is 1. The monoisotopic (exact) mass is 194 g/mol. The van der Waals surface area contributed by atoms with Gasteiger partial charge in [-0.3, -0.25) is 0 Å². The Balaban J connectivity index is 1.99. The molecule has 1 aromatic heterocycles. The summed E-state index contributed by atoms with van der Waals surface area (Å²) in [4.78, 5) is 0. The van der Waals surface area contributed by atoms with Crippen molar-refractivity contribution in [2.24, 2.45) is 0 Å². The van der Waals surface area contributed by atoms with Crippen LogP contribution in [0.25, 0.3) is 0 Å². The first-order chi connectivity index (χ1) is 6.77. The Morgan fingerprint density at radius 2 is 2.29 bits per heavy atom. The zero-order valence-corrected chi connectivity index (χ0v) is 8.97. The Bertz CT molecular complexity index is 300. The Morgan fingerprint density at radius 3 is 2.86 bits per heavy atom. The van der Waals surface area contributed by atoms with Gasteiger partial charge in [-0.2, -0.15) is 0 Å². The van der Waals surface area contributed by atoms with Crippen LogP contribution in [0.4, 0.5) is 0 Å². The van der Waals surface area contributed by atoms with Gasteiger partial charge in [0.15, 0.2) is 0 Å². The number of rotatable bonds is 2. The molecule has 2 rings (SSSR count). The number of aryl methyl sites for hydroxylation is 1. The van der Waals surface area contributed by atoms with E-state index in [0.29, 0.717) is 6.04 Å². The third-order valence-electron chi connectivity index (χ3n) is 3.10. The summed E-state index contributed by atoms with van der Waals surface area (Å²) in [7, 11) is 0. The van der Waals surface area contributed by atoms with E-state index in [0.717, 1.165) is 24.4 Å². The summed E-state index contributed by atoms with van der Waals surface area (Å²) in [6.45, 7) is 5.23. The van der Waals surface area contributed by atoms with E-state index in [1.165, 1.54) is 24.8 Å². The number of aromatic nitrogens is 1. The molecule has 3 heteroatoms. The fraction of sp³-hybridized carbons (Fsp3) is 0.727. The lowest BCUT2D eigenvalue weighted by Crippen LogP contribution is -2.35. The van der Waals surface area contributed by atoms with Gasteiger partial charge in [0.2, 0.25) is 0 Å². The van der Waals surface area contributed by atoms with Crippen LogP contribution in [0, 0.1) is 13.8 Å². The second-order valence-corrected chi connectivity index (χ2v) is 4.17. The quantitative estimate of drug-likeness (QED) is 0.782. The maximum Gasteiger partial charge on any atom is 0.141 e. The summed E-state index contributed by atoms with van der Waals surface area (Å²) in [6, 6.07) is 0.592. The van der Waals surface area contributed by atoms with Crippen LogP contribution in [0.2, 0.25) is 0 Å². The molecule has 78 valence electrons. The first-order valence-electron chi connectivity index (χ1n) is 5.42. The Labute approximate surface area is 84.9 Å². The maximum atomic E-state index is 5.31. The summed E-state index contributed by atoms with van der Waals surface area (Å²) in [5, 5.41) is 7.50.